The van der Waals surface area contributed by atoms with Gasteiger partial charge in [-0.25, -0.2) is 15.0 Å². The fourth-order valence-electron chi connectivity index (χ4n) is 7.99. The van der Waals surface area contributed by atoms with Crippen LogP contribution in [0.25, 0.3) is 67.5 Å². The Labute approximate surface area is 297 Å². The third-order valence-corrected chi connectivity index (χ3v) is 10.4. The summed E-state index contributed by atoms with van der Waals surface area (Å²) in [5.74, 6) is 2.81. The summed E-state index contributed by atoms with van der Waals surface area (Å²) in [7, 11) is 0. The van der Waals surface area contributed by atoms with Crippen molar-refractivity contribution in [3.63, 3.8) is 0 Å². The number of hydrogen-bond acceptors (Lipinski definition) is 4. The molecular formula is C47H33N3O. The second-order valence-corrected chi connectivity index (χ2v) is 13.4. The van der Waals surface area contributed by atoms with E-state index in [9.17, 15) is 0 Å². The minimum Gasteiger partial charge on any atom is -0.485 e. The number of benzene rings is 6. The second kappa shape index (κ2) is 12.2. The number of allylic oxidation sites excluding steroid dienone is 3. The molecule has 0 bridgehead atoms. The molecule has 2 unspecified atom stereocenters. The zero-order chi connectivity index (χ0) is 33.7. The van der Waals surface area contributed by atoms with Crippen molar-refractivity contribution < 1.29 is 4.74 Å². The van der Waals surface area contributed by atoms with Crippen LogP contribution in [0.3, 0.4) is 0 Å². The molecule has 2 atom stereocenters. The van der Waals surface area contributed by atoms with Crippen molar-refractivity contribution in [2.24, 2.45) is 0 Å². The molecule has 0 spiro atoms. The van der Waals surface area contributed by atoms with Gasteiger partial charge in [0.2, 0.25) is 0 Å². The largest absolute Gasteiger partial charge is 0.485 e. The quantitative estimate of drug-likeness (QED) is 0.185. The van der Waals surface area contributed by atoms with Gasteiger partial charge in [-0.15, -0.1) is 0 Å². The van der Waals surface area contributed by atoms with Crippen LogP contribution in [0.1, 0.15) is 34.9 Å². The summed E-state index contributed by atoms with van der Waals surface area (Å²) in [4.78, 5) is 15.7. The summed E-state index contributed by atoms with van der Waals surface area (Å²) in [5, 5.41) is 2.42. The first kappa shape index (κ1) is 29.5. The van der Waals surface area contributed by atoms with Gasteiger partial charge >= 0.3 is 0 Å². The van der Waals surface area contributed by atoms with Crippen LogP contribution in [-0.4, -0.2) is 21.1 Å². The van der Waals surface area contributed by atoms with E-state index in [-0.39, 0.29) is 12.0 Å². The first-order valence-electron chi connectivity index (χ1n) is 17.7. The van der Waals surface area contributed by atoms with E-state index in [2.05, 4.69) is 146 Å². The lowest BCUT2D eigenvalue weighted by Gasteiger charge is -2.23. The van der Waals surface area contributed by atoms with E-state index in [1.807, 2.05) is 18.2 Å². The van der Waals surface area contributed by atoms with Crippen molar-refractivity contribution in [3.05, 3.63) is 180 Å². The van der Waals surface area contributed by atoms with Gasteiger partial charge in [-0.05, 0) is 75.2 Å². The standard InChI is InChI=1S/C47H33N3O/c1-3-13-30(14-4-1)31-25-27-32(28-26-31)36-21-11-23-41-43(36)44-39(22-12-24-42(44)51-41)46-48-45(33-15-5-2-6-16-33)49-47(50-46)40-29-34-17-7-8-18-35(34)37-19-9-10-20-38(37)40/h1-7,9-17,19-29,42,44H,8,18H2. The van der Waals surface area contributed by atoms with Gasteiger partial charge in [-0.2, -0.15) is 0 Å². The summed E-state index contributed by atoms with van der Waals surface area (Å²) < 4.78 is 6.66. The number of fused-ring (bicyclic) bond motifs is 6. The van der Waals surface area contributed by atoms with Crippen molar-refractivity contribution in [2.45, 2.75) is 24.9 Å². The average Bonchev–Trinajstić information content (AvgIpc) is 3.60. The maximum absolute atomic E-state index is 6.66. The molecule has 0 saturated carbocycles. The fourth-order valence-corrected chi connectivity index (χ4v) is 7.99. The molecule has 6 aromatic carbocycles. The Morgan fingerprint density at radius 2 is 1.25 bits per heavy atom. The number of hydrogen-bond donors (Lipinski definition) is 0. The lowest BCUT2D eigenvalue weighted by molar-refractivity contribution is 0.271. The summed E-state index contributed by atoms with van der Waals surface area (Å²) in [6.45, 7) is 0. The van der Waals surface area contributed by atoms with Crippen molar-refractivity contribution in [3.8, 4) is 50.8 Å². The van der Waals surface area contributed by atoms with E-state index in [4.69, 9.17) is 19.7 Å². The summed E-state index contributed by atoms with van der Waals surface area (Å²) >= 11 is 0. The van der Waals surface area contributed by atoms with Crippen molar-refractivity contribution in [2.75, 3.05) is 0 Å². The monoisotopic (exact) mass is 655 g/mol. The Balaban J connectivity index is 1.13. The molecule has 2 heterocycles. The number of aromatic nitrogens is 3. The smallest absolute Gasteiger partial charge is 0.164 e. The lowest BCUT2D eigenvalue weighted by atomic mass is 9.80. The van der Waals surface area contributed by atoms with E-state index in [0.29, 0.717) is 17.5 Å². The zero-order valence-corrected chi connectivity index (χ0v) is 27.9. The highest BCUT2D eigenvalue weighted by molar-refractivity contribution is 6.00. The predicted octanol–water partition coefficient (Wildman–Crippen LogP) is 11.2. The van der Waals surface area contributed by atoms with Crippen LogP contribution < -0.4 is 4.74 Å². The van der Waals surface area contributed by atoms with Gasteiger partial charge in [0, 0.05) is 22.3 Å². The van der Waals surface area contributed by atoms with Crippen LogP contribution in [0, 0.1) is 0 Å². The summed E-state index contributed by atoms with van der Waals surface area (Å²) in [6.07, 6.45) is 12.8. The highest BCUT2D eigenvalue weighted by atomic mass is 16.5. The van der Waals surface area contributed by atoms with Gasteiger partial charge in [0.25, 0.3) is 0 Å². The molecule has 1 aromatic heterocycles. The molecule has 2 aliphatic carbocycles. The molecule has 0 fully saturated rings. The lowest BCUT2D eigenvalue weighted by Crippen LogP contribution is -2.21. The minimum atomic E-state index is -0.167. The van der Waals surface area contributed by atoms with Gasteiger partial charge in [0.05, 0.1) is 5.92 Å². The van der Waals surface area contributed by atoms with Gasteiger partial charge in [0.1, 0.15) is 11.9 Å². The molecule has 3 aliphatic rings. The van der Waals surface area contributed by atoms with Crippen molar-refractivity contribution >= 4 is 22.4 Å². The van der Waals surface area contributed by atoms with E-state index < -0.39 is 0 Å². The number of ether oxygens (including phenoxy) is 1. The SMILES string of the molecule is C1=CC2Oc3cccc(-c4ccc(-c5ccccc5)cc4)c3C2C(c2nc(-c3ccccc3)nc(-c3cc4c(c5ccccc35)CCC=C4)n2)=C1. The molecule has 242 valence electrons. The Morgan fingerprint density at radius 3 is 2.08 bits per heavy atom. The van der Waals surface area contributed by atoms with E-state index in [1.165, 1.54) is 27.6 Å². The Bertz CT molecular complexity index is 2550. The maximum atomic E-state index is 6.66. The highest BCUT2D eigenvalue weighted by Crippen LogP contribution is 2.51. The molecule has 4 nitrogen and oxygen atoms in total. The molecule has 7 aromatic rings. The first-order chi connectivity index (χ1) is 25.3. The van der Waals surface area contributed by atoms with Crippen LogP contribution in [0.15, 0.2) is 158 Å². The third-order valence-electron chi connectivity index (χ3n) is 10.4. The van der Waals surface area contributed by atoms with Crippen LogP contribution in [0.5, 0.6) is 5.75 Å². The highest BCUT2D eigenvalue weighted by Gasteiger charge is 2.40. The molecule has 1 aliphatic heterocycles. The molecule has 10 rings (SSSR count). The maximum Gasteiger partial charge on any atom is 0.164 e. The van der Waals surface area contributed by atoms with Crippen LogP contribution in [-0.2, 0) is 6.42 Å². The zero-order valence-electron chi connectivity index (χ0n) is 27.9. The molecular weight excluding hydrogens is 623 g/mol. The molecule has 0 saturated heterocycles. The molecule has 0 amide bonds. The summed E-state index contributed by atoms with van der Waals surface area (Å²) in [5.41, 5.74) is 11.5. The van der Waals surface area contributed by atoms with Gasteiger partial charge < -0.3 is 4.74 Å². The Hall–Kier alpha value is -6.39. The van der Waals surface area contributed by atoms with Crippen LogP contribution in [0.4, 0.5) is 0 Å². The fraction of sp³-hybridized carbons (Fsp3) is 0.0851. The molecule has 0 N–H and O–H groups in total. The van der Waals surface area contributed by atoms with Crippen molar-refractivity contribution in [1.29, 1.82) is 0 Å². The van der Waals surface area contributed by atoms with Crippen LogP contribution >= 0.6 is 0 Å². The average molecular weight is 656 g/mol. The van der Waals surface area contributed by atoms with Gasteiger partial charge in [-0.1, -0.05) is 146 Å². The molecule has 51 heavy (non-hydrogen) atoms. The number of rotatable bonds is 5. The predicted molar refractivity (Wildman–Crippen MR) is 207 cm³/mol. The Kier molecular flexibility index (Phi) is 7.05. The van der Waals surface area contributed by atoms with Crippen molar-refractivity contribution in [1.82, 2.24) is 15.0 Å². The van der Waals surface area contributed by atoms with E-state index >= 15 is 0 Å². The van der Waals surface area contributed by atoms with Crippen LogP contribution in [0.2, 0.25) is 0 Å². The van der Waals surface area contributed by atoms with Gasteiger partial charge in [0.15, 0.2) is 17.5 Å². The minimum absolute atomic E-state index is 0.0860. The topological polar surface area (TPSA) is 47.9 Å². The Morgan fingerprint density at radius 1 is 0.569 bits per heavy atom. The molecule has 0 radical (unpaired) electrons. The molecule has 4 heteroatoms. The second-order valence-electron chi connectivity index (χ2n) is 13.4. The van der Waals surface area contributed by atoms with E-state index in [0.717, 1.165) is 57.4 Å². The normalized spacial score (nSPS) is 17.0. The third kappa shape index (κ3) is 5.11. The van der Waals surface area contributed by atoms with Gasteiger partial charge in [-0.3, -0.25) is 0 Å². The summed E-state index contributed by atoms with van der Waals surface area (Å²) in [6, 6.07) is 46.9. The number of aryl methyl sites for hydroxylation is 1. The van der Waals surface area contributed by atoms with E-state index in [1.54, 1.807) is 0 Å². The first-order valence-corrected chi connectivity index (χ1v) is 17.7. The number of nitrogens with zero attached hydrogens (tertiary/aromatic N) is 3.